The highest BCUT2D eigenvalue weighted by molar-refractivity contribution is 5.79. The van der Waals surface area contributed by atoms with E-state index in [1.807, 2.05) is 31.0 Å². The Morgan fingerprint density at radius 1 is 1.27 bits per heavy atom. The van der Waals surface area contributed by atoms with E-state index in [2.05, 4.69) is 64.8 Å². The van der Waals surface area contributed by atoms with Crippen molar-refractivity contribution in [3.05, 3.63) is 47.3 Å². The molecule has 1 unspecified atom stereocenters. The second-order valence-electron chi connectivity index (χ2n) is 7.39. The summed E-state index contributed by atoms with van der Waals surface area (Å²) < 4.78 is 13.1. The van der Waals surface area contributed by atoms with Gasteiger partial charge in [-0.2, -0.15) is 5.10 Å². The fourth-order valence-electron chi connectivity index (χ4n) is 3.10. The minimum absolute atomic E-state index is 0.189. The van der Waals surface area contributed by atoms with Gasteiger partial charge in [-0.25, -0.2) is 0 Å². The number of guanidine groups is 1. The lowest BCUT2D eigenvalue weighted by atomic mass is 10.1. The molecule has 2 rings (SSSR count). The maximum Gasteiger partial charge on any atom is 0.191 e. The number of rotatable bonds is 11. The molecule has 2 N–H and O–H groups in total. The van der Waals surface area contributed by atoms with E-state index >= 15 is 0 Å². The Kier molecular flexibility index (Phi) is 9.63. The van der Waals surface area contributed by atoms with Crippen LogP contribution in [0.3, 0.4) is 0 Å². The van der Waals surface area contributed by atoms with Crippen molar-refractivity contribution in [2.45, 2.75) is 26.4 Å². The highest BCUT2D eigenvalue weighted by Gasteiger charge is 2.16. The lowest BCUT2D eigenvalue weighted by Crippen LogP contribution is -2.41. The lowest BCUT2D eigenvalue weighted by molar-refractivity contribution is 0.110. The minimum Gasteiger partial charge on any atom is -0.491 e. The molecular weight excluding hydrogens is 380 g/mol. The fraction of sp³-hybridized carbons (Fsp3) is 0.545. The summed E-state index contributed by atoms with van der Waals surface area (Å²) in [6.07, 6.45) is 3.95. The van der Waals surface area contributed by atoms with Gasteiger partial charge in [0.1, 0.15) is 12.4 Å². The van der Waals surface area contributed by atoms with Crippen molar-refractivity contribution in [2.24, 2.45) is 12.0 Å². The van der Waals surface area contributed by atoms with Crippen LogP contribution in [0.5, 0.6) is 5.75 Å². The topological polar surface area (TPSA) is 75.9 Å². The molecule has 1 aromatic carbocycles. The van der Waals surface area contributed by atoms with Gasteiger partial charge in [-0.05, 0) is 39.6 Å². The first kappa shape index (κ1) is 23.7. The van der Waals surface area contributed by atoms with Crippen LogP contribution >= 0.6 is 0 Å². The van der Waals surface area contributed by atoms with E-state index in [0.717, 1.165) is 28.4 Å². The van der Waals surface area contributed by atoms with Crippen LogP contribution in [0.15, 0.2) is 35.6 Å². The smallest absolute Gasteiger partial charge is 0.191 e. The van der Waals surface area contributed by atoms with Gasteiger partial charge in [0, 0.05) is 51.1 Å². The van der Waals surface area contributed by atoms with Crippen LogP contribution < -0.4 is 15.4 Å². The third-order valence-corrected chi connectivity index (χ3v) is 4.78. The van der Waals surface area contributed by atoms with Crippen LogP contribution in [0.2, 0.25) is 0 Å². The van der Waals surface area contributed by atoms with E-state index in [1.54, 1.807) is 7.05 Å². The number of ether oxygens (including phenoxy) is 2. The first-order valence-electron chi connectivity index (χ1n) is 10.3. The number of likely N-dealkylation sites (N-methyl/N-ethyl adjacent to an activating group) is 1. The molecule has 0 spiro atoms. The van der Waals surface area contributed by atoms with Gasteiger partial charge in [0.05, 0.1) is 18.8 Å². The van der Waals surface area contributed by atoms with E-state index in [1.165, 1.54) is 0 Å². The summed E-state index contributed by atoms with van der Waals surface area (Å²) in [5.74, 6) is 1.62. The third-order valence-electron chi connectivity index (χ3n) is 4.78. The Morgan fingerprint density at radius 3 is 2.70 bits per heavy atom. The number of benzene rings is 1. The van der Waals surface area contributed by atoms with Gasteiger partial charge >= 0.3 is 0 Å². The molecule has 0 fully saturated rings. The quantitative estimate of drug-likeness (QED) is 0.332. The summed E-state index contributed by atoms with van der Waals surface area (Å²) in [5.41, 5.74) is 3.41. The zero-order valence-electron chi connectivity index (χ0n) is 19.1. The van der Waals surface area contributed by atoms with Gasteiger partial charge in [-0.15, -0.1) is 0 Å². The third kappa shape index (κ3) is 7.35. The zero-order valence-corrected chi connectivity index (χ0v) is 19.1. The Balaban J connectivity index is 1.95. The molecule has 0 amide bonds. The molecule has 1 heterocycles. The highest BCUT2D eigenvalue weighted by atomic mass is 16.5. The van der Waals surface area contributed by atoms with E-state index in [9.17, 15) is 0 Å². The summed E-state index contributed by atoms with van der Waals surface area (Å²) in [7, 11) is 7.83. The number of aromatic nitrogens is 2. The molecule has 0 aliphatic carbocycles. The van der Waals surface area contributed by atoms with Crippen molar-refractivity contribution in [3.63, 3.8) is 0 Å². The number of nitrogens with zero attached hydrogens (tertiary/aromatic N) is 4. The van der Waals surface area contributed by atoms with Gasteiger partial charge < -0.3 is 25.0 Å². The average Bonchev–Trinajstić information content (AvgIpc) is 3.14. The van der Waals surface area contributed by atoms with Crippen LogP contribution in [0.4, 0.5) is 0 Å². The van der Waals surface area contributed by atoms with Crippen molar-refractivity contribution in [1.82, 2.24) is 25.3 Å². The predicted molar refractivity (Wildman–Crippen MR) is 121 cm³/mol. The van der Waals surface area contributed by atoms with E-state index < -0.39 is 0 Å². The molecule has 8 heteroatoms. The maximum atomic E-state index is 5.93. The van der Waals surface area contributed by atoms with Gasteiger partial charge in [-0.1, -0.05) is 12.1 Å². The van der Waals surface area contributed by atoms with Crippen LogP contribution in [-0.4, -0.2) is 68.1 Å². The summed E-state index contributed by atoms with van der Waals surface area (Å²) >= 11 is 0. The van der Waals surface area contributed by atoms with Crippen molar-refractivity contribution in [3.8, 4) is 5.75 Å². The number of nitrogens with one attached hydrogen (secondary N) is 2. The normalized spacial score (nSPS) is 12.8. The molecule has 1 aromatic heterocycles. The fourth-order valence-corrected chi connectivity index (χ4v) is 3.10. The number of hydrogen-bond acceptors (Lipinski definition) is 5. The average molecular weight is 417 g/mol. The molecular formula is C22H36N6O2. The standard InChI is InChI=1S/C22H36N6O2/c1-7-29-10-11-30-21-12-17(2)8-9-18(21)13-24-22(23-3)25-15-20(27(4)5)19-14-26-28(6)16-19/h8-9,12,14,16,20H,7,10-11,13,15H2,1-6H3,(H2,23,24,25). The lowest BCUT2D eigenvalue weighted by Gasteiger charge is -2.24. The molecule has 2 aromatic rings. The predicted octanol–water partition coefficient (Wildman–Crippen LogP) is 2.11. The molecule has 30 heavy (non-hydrogen) atoms. The van der Waals surface area contributed by atoms with Crippen LogP contribution in [0.25, 0.3) is 0 Å². The maximum absolute atomic E-state index is 5.93. The van der Waals surface area contributed by atoms with Gasteiger partial charge in [0.25, 0.3) is 0 Å². The molecule has 0 bridgehead atoms. The van der Waals surface area contributed by atoms with Gasteiger partial charge in [0.2, 0.25) is 0 Å². The van der Waals surface area contributed by atoms with Gasteiger partial charge in [0.15, 0.2) is 5.96 Å². The Morgan fingerprint density at radius 2 is 2.07 bits per heavy atom. The van der Waals surface area contributed by atoms with Crippen molar-refractivity contribution in [1.29, 1.82) is 0 Å². The first-order chi connectivity index (χ1) is 14.4. The molecule has 0 saturated heterocycles. The van der Waals surface area contributed by atoms with Crippen molar-refractivity contribution in [2.75, 3.05) is 47.5 Å². The summed E-state index contributed by atoms with van der Waals surface area (Å²) in [5, 5.41) is 11.1. The Bertz CT molecular complexity index is 803. The van der Waals surface area contributed by atoms with Crippen LogP contribution in [-0.2, 0) is 18.3 Å². The SMILES string of the molecule is CCOCCOc1cc(C)ccc1CNC(=NC)NCC(c1cnn(C)c1)N(C)C. The Hall–Kier alpha value is -2.58. The van der Waals surface area contributed by atoms with Crippen LogP contribution in [0, 0.1) is 6.92 Å². The summed E-state index contributed by atoms with van der Waals surface area (Å²) in [4.78, 5) is 6.53. The molecule has 8 nitrogen and oxygen atoms in total. The number of aryl methyl sites for hydroxylation is 2. The largest absolute Gasteiger partial charge is 0.491 e. The Labute approximate surface area is 180 Å². The van der Waals surface area contributed by atoms with Crippen molar-refractivity contribution >= 4 is 5.96 Å². The monoisotopic (exact) mass is 416 g/mol. The second-order valence-corrected chi connectivity index (χ2v) is 7.39. The van der Waals surface area contributed by atoms with Gasteiger partial charge in [-0.3, -0.25) is 9.67 Å². The molecule has 0 aliphatic rings. The highest BCUT2D eigenvalue weighted by Crippen LogP contribution is 2.20. The number of hydrogen-bond donors (Lipinski definition) is 2. The van der Waals surface area contributed by atoms with E-state index in [-0.39, 0.29) is 6.04 Å². The van der Waals surface area contributed by atoms with Crippen molar-refractivity contribution < 1.29 is 9.47 Å². The molecule has 0 radical (unpaired) electrons. The molecule has 166 valence electrons. The second kappa shape index (κ2) is 12.2. The number of aliphatic imine (C=N–C) groups is 1. The first-order valence-corrected chi connectivity index (χ1v) is 10.3. The molecule has 0 saturated carbocycles. The van der Waals surface area contributed by atoms with Crippen LogP contribution in [0.1, 0.15) is 29.7 Å². The van der Waals surface area contributed by atoms with E-state index in [0.29, 0.717) is 32.9 Å². The summed E-state index contributed by atoms with van der Waals surface area (Å²) in [6, 6.07) is 6.43. The zero-order chi connectivity index (χ0) is 21.9. The molecule has 0 aliphatic heterocycles. The molecule has 1 atom stereocenters. The van der Waals surface area contributed by atoms with E-state index in [4.69, 9.17) is 9.47 Å². The summed E-state index contributed by atoms with van der Waals surface area (Å²) in [6.45, 7) is 7.18. The minimum atomic E-state index is 0.189.